The van der Waals surface area contributed by atoms with Gasteiger partial charge in [0, 0.05) is 55.1 Å². The Kier molecular flexibility index (Phi) is 3.63. The van der Waals surface area contributed by atoms with Gasteiger partial charge in [-0.2, -0.15) is 5.10 Å². The molecule has 4 rings (SSSR count). The maximum atomic E-state index is 11.3. The van der Waals surface area contributed by atoms with Crippen LogP contribution in [0.25, 0.3) is 10.9 Å². The van der Waals surface area contributed by atoms with Crippen LogP contribution in [0, 0.1) is 17.0 Å². The van der Waals surface area contributed by atoms with Crippen molar-refractivity contribution in [2.75, 3.05) is 18.0 Å². The van der Waals surface area contributed by atoms with Crippen LogP contribution in [0.4, 0.5) is 11.4 Å². The van der Waals surface area contributed by atoms with Gasteiger partial charge in [-0.15, -0.1) is 0 Å². The Bertz CT molecular complexity index is 965. The van der Waals surface area contributed by atoms with Crippen LogP contribution in [0.5, 0.6) is 0 Å². The summed E-state index contributed by atoms with van der Waals surface area (Å²) in [6, 6.07) is 7.19. The van der Waals surface area contributed by atoms with Crippen molar-refractivity contribution in [2.24, 2.45) is 7.05 Å². The summed E-state index contributed by atoms with van der Waals surface area (Å²) in [5.74, 6) is 0.427. The molecule has 0 amide bonds. The molecular weight excluding hydrogens is 318 g/mol. The molecule has 7 heteroatoms. The van der Waals surface area contributed by atoms with Gasteiger partial charge in [0.2, 0.25) is 0 Å². The van der Waals surface area contributed by atoms with Crippen molar-refractivity contribution in [1.29, 1.82) is 0 Å². The minimum absolute atomic E-state index is 0.0606. The number of benzene rings is 1. The molecular formula is C18H19N5O2. The van der Waals surface area contributed by atoms with Crippen LogP contribution < -0.4 is 4.90 Å². The molecule has 1 saturated heterocycles. The Morgan fingerprint density at radius 2 is 2.20 bits per heavy atom. The average Bonchev–Trinajstić information content (AvgIpc) is 3.22. The van der Waals surface area contributed by atoms with E-state index in [1.807, 2.05) is 37.0 Å². The number of fused-ring (bicyclic) bond motifs is 1. The van der Waals surface area contributed by atoms with Crippen LogP contribution in [0.1, 0.15) is 23.6 Å². The first-order valence-electron chi connectivity index (χ1n) is 8.31. The fourth-order valence-electron chi connectivity index (χ4n) is 3.65. The van der Waals surface area contributed by atoms with Crippen LogP contribution in [0.3, 0.4) is 0 Å². The number of anilines is 1. The van der Waals surface area contributed by atoms with Gasteiger partial charge in [0.05, 0.1) is 11.1 Å². The zero-order valence-corrected chi connectivity index (χ0v) is 14.2. The van der Waals surface area contributed by atoms with E-state index >= 15 is 0 Å². The zero-order chi connectivity index (χ0) is 17.6. The summed E-state index contributed by atoms with van der Waals surface area (Å²) in [5, 5.41) is 16.4. The first-order valence-corrected chi connectivity index (χ1v) is 8.31. The highest BCUT2D eigenvalue weighted by molar-refractivity contribution is 5.97. The molecule has 3 heterocycles. The summed E-state index contributed by atoms with van der Waals surface area (Å²) < 4.78 is 1.83. The number of pyridine rings is 1. The molecule has 0 spiro atoms. The molecule has 25 heavy (non-hydrogen) atoms. The number of non-ortho nitro benzene ring substituents is 1. The van der Waals surface area contributed by atoms with Crippen LogP contribution in [-0.2, 0) is 7.05 Å². The third-order valence-corrected chi connectivity index (χ3v) is 4.85. The fraction of sp³-hybridized carbons (Fsp3) is 0.333. The number of hydrogen-bond acceptors (Lipinski definition) is 5. The number of para-hydroxylation sites is 1. The van der Waals surface area contributed by atoms with E-state index in [2.05, 4.69) is 21.2 Å². The van der Waals surface area contributed by atoms with E-state index in [0.717, 1.165) is 36.3 Å². The second-order valence-corrected chi connectivity index (χ2v) is 6.59. The first-order chi connectivity index (χ1) is 12.0. The molecule has 0 radical (unpaired) electrons. The summed E-state index contributed by atoms with van der Waals surface area (Å²) in [6.45, 7) is 3.68. The van der Waals surface area contributed by atoms with E-state index in [-0.39, 0.29) is 10.6 Å². The molecule has 7 nitrogen and oxygen atoms in total. The maximum absolute atomic E-state index is 11.3. The molecule has 1 atom stereocenters. The Balaban J connectivity index is 1.74. The number of nitro groups is 1. The predicted molar refractivity (Wildman–Crippen MR) is 95.9 cm³/mol. The molecule has 1 unspecified atom stereocenters. The van der Waals surface area contributed by atoms with E-state index < -0.39 is 0 Å². The summed E-state index contributed by atoms with van der Waals surface area (Å²) in [7, 11) is 1.93. The Labute approximate surface area is 145 Å². The van der Waals surface area contributed by atoms with Gasteiger partial charge in [0.1, 0.15) is 0 Å². The molecule has 128 valence electrons. The zero-order valence-electron chi connectivity index (χ0n) is 14.2. The Morgan fingerprint density at radius 3 is 2.92 bits per heavy atom. The lowest BCUT2D eigenvalue weighted by Gasteiger charge is -2.21. The highest BCUT2D eigenvalue weighted by Gasteiger charge is 2.27. The summed E-state index contributed by atoms with van der Waals surface area (Å²) >= 11 is 0. The number of nitro benzene ring substituents is 1. The quantitative estimate of drug-likeness (QED) is 0.542. The normalized spacial score (nSPS) is 17.4. The van der Waals surface area contributed by atoms with Crippen molar-refractivity contribution >= 4 is 22.3 Å². The molecule has 1 aliphatic rings. The summed E-state index contributed by atoms with van der Waals surface area (Å²) in [4.78, 5) is 17.7. The van der Waals surface area contributed by atoms with E-state index in [0.29, 0.717) is 11.4 Å². The first kappa shape index (κ1) is 15.6. The summed E-state index contributed by atoms with van der Waals surface area (Å²) in [5.41, 5.74) is 3.59. The van der Waals surface area contributed by atoms with Gasteiger partial charge in [-0.25, -0.2) is 4.98 Å². The van der Waals surface area contributed by atoms with E-state index in [1.54, 1.807) is 6.07 Å². The maximum Gasteiger partial charge on any atom is 0.295 e. The molecule has 1 fully saturated rings. The number of aryl methyl sites for hydroxylation is 2. The highest BCUT2D eigenvalue weighted by atomic mass is 16.6. The largest absolute Gasteiger partial charge is 0.370 e. The third kappa shape index (κ3) is 2.71. The van der Waals surface area contributed by atoms with Crippen LogP contribution >= 0.6 is 0 Å². The number of nitrogens with zero attached hydrogens (tertiary/aromatic N) is 5. The lowest BCUT2D eigenvalue weighted by atomic mass is 10.0. The molecule has 2 aromatic heterocycles. The second kappa shape index (κ2) is 5.84. The van der Waals surface area contributed by atoms with Crippen LogP contribution in [0.2, 0.25) is 0 Å². The molecule has 3 aromatic rings. The summed E-state index contributed by atoms with van der Waals surface area (Å²) in [6.07, 6.45) is 5.04. The predicted octanol–water partition coefficient (Wildman–Crippen LogP) is 3.18. The average molecular weight is 337 g/mol. The molecule has 1 aromatic carbocycles. The van der Waals surface area contributed by atoms with Crippen molar-refractivity contribution in [1.82, 2.24) is 14.8 Å². The monoisotopic (exact) mass is 337 g/mol. The highest BCUT2D eigenvalue weighted by Crippen LogP contribution is 2.36. The number of aromatic nitrogens is 3. The smallest absolute Gasteiger partial charge is 0.295 e. The lowest BCUT2D eigenvalue weighted by molar-refractivity contribution is -0.383. The fourth-order valence-corrected chi connectivity index (χ4v) is 3.65. The SMILES string of the molecule is Cc1cc(N2CCC(c3cnn(C)c3)C2)c2cccc([N+](=O)[O-])c2n1. The van der Waals surface area contributed by atoms with Gasteiger partial charge in [0.25, 0.3) is 5.69 Å². The topological polar surface area (TPSA) is 77.1 Å². The lowest BCUT2D eigenvalue weighted by Crippen LogP contribution is -2.20. The van der Waals surface area contributed by atoms with Crippen LogP contribution in [-0.4, -0.2) is 32.8 Å². The van der Waals surface area contributed by atoms with E-state index in [1.165, 1.54) is 11.6 Å². The van der Waals surface area contributed by atoms with Crippen LogP contribution in [0.15, 0.2) is 36.7 Å². The minimum atomic E-state index is -0.360. The van der Waals surface area contributed by atoms with Gasteiger partial charge in [-0.3, -0.25) is 14.8 Å². The third-order valence-electron chi connectivity index (χ3n) is 4.85. The van der Waals surface area contributed by atoms with Gasteiger partial charge in [0.15, 0.2) is 5.52 Å². The second-order valence-electron chi connectivity index (χ2n) is 6.59. The van der Waals surface area contributed by atoms with Gasteiger partial charge >= 0.3 is 0 Å². The minimum Gasteiger partial charge on any atom is -0.370 e. The van der Waals surface area contributed by atoms with Crippen molar-refractivity contribution in [3.05, 3.63) is 58.0 Å². The Morgan fingerprint density at radius 1 is 1.36 bits per heavy atom. The standard InChI is InChI=1S/C18H19N5O2/c1-12-8-17(15-4-3-5-16(23(24)25)18(15)20-12)22-7-6-13(11-22)14-9-19-21(2)10-14/h3-5,8-10,13H,6-7,11H2,1-2H3. The molecule has 0 aliphatic carbocycles. The Hall–Kier alpha value is -2.96. The molecule has 0 bridgehead atoms. The van der Waals surface area contributed by atoms with Crippen molar-refractivity contribution in [2.45, 2.75) is 19.3 Å². The van der Waals surface area contributed by atoms with Crippen molar-refractivity contribution in [3.8, 4) is 0 Å². The van der Waals surface area contributed by atoms with Gasteiger partial charge in [-0.1, -0.05) is 12.1 Å². The number of rotatable bonds is 3. The van der Waals surface area contributed by atoms with Crippen molar-refractivity contribution < 1.29 is 4.92 Å². The van der Waals surface area contributed by atoms with E-state index in [9.17, 15) is 10.1 Å². The van der Waals surface area contributed by atoms with Gasteiger partial charge < -0.3 is 4.90 Å². The van der Waals surface area contributed by atoms with Gasteiger partial charge in [-0.05, 0) is 25.0 Å². The molecule has 1 aliphatic heterocycles. The molecule has 0 N–H and O–H groups in total. The number of hydrogen-bond donors (Lipinski definition) is 0. The molecule has 0 saturated carbocycles. The van der Waals surface area contributed by atoms with Crippen molar-refractivity contribution in [3.63, 3.8) is 0 Å². The van der Waals surface area contributed by atoms with E-state index in [4.69, 9.17) is 0 Å².